The molecule has 1 aliphatic heterocycles. The summed E-state index contributed by atoms with van der Waals surface area (Å²) in [4.78, 5) is 0. The largest absolute Gasteiger partial charge is 0.468 e. The maximum Gasteiger partial charge on any atom is 0.117 e. The van der Waals surface area contributed by atoms with E-state index in [9.17, 15) is 0 Å². The van der Waals surface area contributed by atoms with E-state index in [1.807, 2.05) is 12.1 Å². The van der Waals surface area contributed by atoms with Crippen LogP contribution >= 0.6 is 0 Å². The second kappa shape index (κ2) is 4.63. The minimum absolute atomic E-state index is 0.780. The van der Waals surface area contributed by atoms with Crippen LogP contribution in [0, 0.1) is 0 Å². The molecule has 2 heterocycles. The van der Waals surface area contributed by atoms with E-state index >= 15 is 0 Å². The number of fused-ring (bicyclic) bond motifs is 1. The fourth-order valence-corrected chi connectivity index (χ4v) is 2.21. The lowest BCUT2D eigenvalue weighted by molar-refractivity contribution is 0.483. The Hall–Kier alpha value is -1.74. The zero-order valence-corrected chi connectivity index (χ0v) is 9.70. The van der Waals surface area contributed by atoms with Crippen LogP contribution in [0.5, 0.6) is 0 Å². The molecule has 0 atom stereocenters. The van der Waals surface area contributed by atoms with Gasteiger partial charge < -0.3 is 15.1 Å². The van der Waals surface area contributed by atoms with Gasteiger partial charge in [0, 0.05) is 18.8 Å². The van der Waals surface area contributed by atoms with Gasteiger partial charge in [-0.2, -0.15) is 0 Å². The van der Waals surface area contributed by atoms with Crippen LogP contribution in [0.2, 0.25) is 0 Å². The second-order valence-electron chi connectivity index (χ2n) is 4.35. The van der Waals surface area contributed by atoms with E-state index in [-0.39, 0.29) is 0 Å². The van der Waals surface area contributed by atoms with E-state index in [4.69, 9.17) is 4.42 Å². The SMILES string of the molecule is c1coc(CNCc2ccc3c(c2)CCN3)c1. The van der Waals surface area contributed by atoms with Gasteiger partial charge in [-0.05, 0) is 35.7 Å². The van der Waals surface area contributed by atoms with Gasteiger partial charge in [0.05, 0.1) is 12.8 Å². The highest BCUT2D eigenvalue weighted by Gasteiger charge is 2.09. The van der Waals surface area contributed by atoms with Crippen LogP contribution in [0.3, 0.4) is 0 Å². The third kappa shape index (κ3) is 2.34. The van der Waals surface area contributed by atoms with E-state index in [0.29, 0.717) is 0 Å². The van der Waals surface area contributed by atoms with Crippen molar-refractivity contribution in [1.29, 1.82) is 0 Å². The van der Waals surface area contributed by atoms with Crippen molar-refractivity contribution in [2.45, 2.75) is 19.5 Å². The zero-order valence-electron chi connectivity index (χ0n) is 9.70. The molecule has 3 rings (SSSR count). The van der Waals surface area contributed by atoms with E-state index in [0.717, 1.165) is 31.8 Å². The van der Waals surface area contributed by atoms with Gasteiger partial charge in [-0.15, -0.1) is 0 Å². The fourth-order valence-electron chi connectivity index (χ4n) is 2.21. The highest BCUT2D eigenvalue weighted by atomic mass is 16.3. The maximum absolute atomic E-state index is 5.27. The topological polar surface area (TPSA) is 37.2 Å². The molecule has 3 heteroatoms. The fraction of sp³-hybridized carbons (Fsp3) is 0.286. The molecular weight excluding hydrogens is 212 g/mol. The molecule has 0 saturated carbocycles. The van der Waals surface area contributed by atoms with Crippen molar-refractivity contribution in [3.63, 3.8) is 0 Å². The first-order valence-corrected chi connectivity index (χ1v) is 6.00. The first-order chi connectivity index (χ1) is 8.42. The Labute approximate surface area is 101 Å². The number of hydrogen-bond acceptors (Lipinski definition) is 3. The Morgan fingerprint density at radius 3 is 3.12 bits per heavy atom. The van der Waals surface area contributed by atoms with Gasteiger partial charge in [0.25, 0.3) is 0 Å². The molecule has 88 valence electrons. The van der Waals surface area contributed by atoms with Crippen molar-refractivity contribution in [2.75, 3.05) is 11.9 Å². The minimum Gasteiger partial charge on any atom is -0.468 e. The Balaban J connectivity index is 1.58. The van der Waals surface area contributed by atoms with Crippen LogP contribution in [0.1, 0.15) is 16.9 Å². The normalized spacial score (nSPS) is 13.4. The van der Waals surface area contributed by atoms with E-state index in [1.165, 1.54) is 16.8 Å². The molecule has 0 radical (unpaired) electrons. The summed E-state index contributed by atoms with van der Waals surface area (Å²) in [6.45, 7) is 2.73. The van der Waals surface area contributed by atoms with Crippen molar-refractivity contribution >= 4 is 5.69 Å². The van der Waals surface area contributed by atoms with Gasteiger partial charge in [-0.25, -0.2) is 0 Å². The van der Waals surface area contributed by atoms with Gasteiger partial charge in [-0.3, -0.25) is 0 Å². The number of furan rings is 1. The van der Waals surface area contributed by atoms with Crippen molar-refractivity contribution < 1.29 is 4.42 Å². The summed E-state index contributed by atoms with van der Waals surface area (Å²) in [6, 6.07) is 10.5. The molecule has 1 aromatic heterocycles. The molecule has 0 saturated heterocycles. The molecule has 0 aliphatic carbocycles. The predicted octanol–water partition coefficient (Wildman–Crippen LogP) is 2.54. The van der Waals surface area contributed by atoms with Gasteiger partial charge in [0.15, 0.2) is 0 Å². The Kier molecular flexibility index (Phi) is 2.84. The Bertz CT molecular complexity index is 491. The molecule has 0 unspecified atom stereocenters. The summed E-state index contributed by atoms with van der Waals surface area (Å²) in [5.74, 6) is 0.979. The van der Waals surface area contributed by atoms with E-state index in [1.54, 1.807) is 6.26 Å². The minimum atomic E-state index is 0.780. The Morgan fingerprint density at radius 1 is 1.24 bits per heavy atom. The number of rotatable bonds is 4. The summed E-state index contributed by atoms with van der Waals surface area (Å²) in [6.07, 6.45) is 2.85. The van der Waals surface area contributed by atoms with Crippen molar-refractivity contribution in [1.82, 2.24) is 5.32 Å². The summed E-state index contributed by atoms with van der Waals surface area (Å²) in [5, 5.41) is 6.75. The third-order valence-electron chi connectivity index (χ3n) is 3.09. The molecule has 0 fully saturated rings. The molecule has 0 amide bonds. The third-order valence-corrected chi connectivity index (χ3v) is 3.09. The van der Waals surface area contributed by atoms with Gasteiger partial charge in [-0.1, -0.05) is 12.1 Å². The lowest BCUT2D eigenvalue weighted by atomic mass is 10.1. The number of anilines is 1. The highest BCUT2D eigenvalue weighted by molar-refractivity contribution is 5.56. The predicted molar refractivity (Wildman–Crippen MR) is 67.9 cm³/mol. The monoisotopic (exact) mass is 228 g/mol. The summed E-state index contributed by atoms with van der Waals surface area (Å²) < 4.78 is 5.27. The molecule has 1 aliphatic rings. The second-order valence-corrected chi connectivity index (χ2v) is 4.35. The molecule has 3 nitrogen and oxygen atoms in total. The van der Waals surface area contributed by atoms with Crippen molar-refractivity contribution in [3.8, 4) is 0 Å². The van der Waals surface area contributed by atoms with Gasteiger partial charge >= 0.3 is 0 Å². The van der Waals surface area contributed by atoms with Crippen molar-refractivity contribution in [2.24, 2.45) is 0 Å². The van der Waals surface area contributed by atoms with Crippen LogP contribution in [0.15, 0.2) is 41.0 Å². The number of benzene rings is 1. The van der Waals surface area contributed by atoms with Crippen LogP contribution in [-0.2, 0) is 19.5 Å². The maximum atomic E-state index is 5.27. The molecule has 2 N–H and O–H groups in total. The highest BCUT2D eigenvalue weighted by Crippen LogP contribution is 2.22. The van der Waals surface area contributed by atoms with E-state index < -0.39 is 0 Å². The molecule has 1 aromatic carbocycles. The lowest BCUT2D eigenvalue weighted by Gasteiger charge is -2.05. The van der Waals surface area contributed by atoms with Crippen LogP contribution in [0.4, 0.5) is 5.69 Å². The van der Waals surface area contributed by atoms with Crippen molar-refractivity contribution in [3.05, 3.63) is 53.5 Å². The summed E-state index contributed by atoms with van der Waals surface area (Å²) in [7, 11) is 0. The van der Waals surface area contributed by atoms with E-state index in [2.05, 4.69) is 28.8 Å². The molecule has 2 aromatic rings. The van der Waals surface area contributed by atoms with Crippen LogP contribution in [0.25, 0.3) is 0 Å². The molecule has 17 heavy (non-hydrogen) atoms. The quantitative estimate of drug-likeness (QED) is 0.844. The molecule has 0 bridgehead atoms. The first kappa shape index (κ1) is 10.4. The standard InChI is InChI=1S/C14H16N2O/c1-2-13(17-7-1)10-15-9-11-3-4-14-12(8-11)5-6-16-14/h1-4,7-8,15-16H,5-6,9-10H2. The smallest absolute Gasteiger partial charge is 0.117 e. The summed E-state index contributed by atoms with van der Waals surface area (Å²) in [5.41, 5.74) is 4.06. The Morgan fingerprint density at radius 2 is 2.24 bits per heavy atom. The van der Waals surface area contributed by atoms with Gasteiger partial charge in [0.1, 0.15) is 5.76 Å². The molecular formula is C14H16N2O. The van der Waals surface area contributed by atoms with Gasteiger partial charge in [0.2, 0.25) is 0 Å². The number of nitrogens with one attached hydrogen (secondary N) is 2. The van der Waals surface area contributed by atoms with Crippen LogP contribution in [-0.4, -0.2) is 6.54 Å². The number of hydrogen-bond donors (Lipinski definition) is 2. The average Bonchev–Trinajstić information content (AvgIpc) is 2.98. The average molecular weight is 228 g/mol. The lowest BCUT2D eigenvalue weighted by Crippen LogP contribution is -2.12. The molecule has 0 spiro atoms. The zero-order chi connectivity index (χ0) is 11.5. The first-order valence-electron chi connectivity index (χ1n) is 6.00. The summed E-state index contributed by atoms with van der Waals surface area (Å²) >= 11 is 0. The van der Waals surface area contributed by atoms with Crippen LogP contribution < -0.4 is 10.6 Å².